The number of benzene rings is 2. The van der Waals surface area contributed by atoms with Gasteiger partial charge in [0.2, 0.25) is 0 Å². The highest BCUT2D eigenvalue weighted by atomic mass is 16.6. The molecule has 110 valence electrons. The van der Waals surface area contributed by atoms with Crippen molar-refractivity contribution in [2.75, 3.05) is 6.61 Å². The molecule has 21 heavy (non-hydrogen) atoms. The largest absolute Gasteiger partial charge is 0.482 e. The number of aliphatic hydroxyl groups is 1. The van der Waals surface area contributed by atoms with E-state index in [4.69, 9.17) is 15.6 Å². The van der Waals surface area contributed by atoms with Gasteiger partial charge in [0.1, 0.15) is 6.61 Å². The predicted octanol–water partition coefficient (Wildman–Crippen LogP) is 2.17. The second-order valence-corrected chi connectivity index (χ2v) is 4.55. The minimum atomic E-state index is -0.646. The molecule has 2 aromatic carbocycles. The zero-order chi connectivity index (χ0) is 15.2. The maximum atomic E-state index is 11.1. The summed E-state index contributed by atoms with van der Waals surface area (Å²) in [6.07, 6.45) is 0. The Bertz CT molecular complexity index is 616. The second-order valence-electron chi connectivity index (χ2n) is 4.55. The molecule has 0 saturated carbocycles. The van der Waals surface area contributed by atoms with Gasteiger partial charge < -0.3 is 15.6 Å². The molecule has 0 aliphatic carbocycles. The number of nitrogens with zero attached hydrogens (tertiary/aromatic N) is 1. The summed E-state index contributed by atoms with van der Waals surface area (Å²) in [4.78, 5) is 10.6. The van der Waals surface area contributed by atoms with Gasteiger partial charge in [-0.3, -0.25) is 10.1 Å². The Morgan fingerprint density at radius 3 is 2.57 bits per heavy atom. The number of aliphatic hydroxyl groups excluding tert-OH is 1. The highest BCUT2D eigenvalue weighted by Crippen LogP contribution is 2.30. The molecule has 3 N–H and O–H groups in total. The summed E-state index contributed by atoms with van der Waals surface area (Å²) in [5.41, 5.74) is 6.92. The molecular weight excluding hydrogens is 272 g/mol. The number of nitro benzene ring substituents is 1. The van der Waals surface area contributed by atoms with Gasteiger partial charge in [0.05, 0.1) is 17.6 Å². The lowest BCUT2D eigenvalue weighted by Gasteiger charge is -2.11. The molecule has 6 heteroatoms. The quantitative estimate of drug-likeness (QED) is 0.627. The van der Waals surface area contributed by atoms with Crippen molar-refractivity contribution < 1.29 is 14.8 Å². The average molecular weight is 288 g/mol. The lowest BCUT2D eigenvalue weighted by Crippen LogP contribution is -2.14. The topological polar surface area (TPSA) is 98.6 Å². The molecule has 2 aromatic rings. The number of ether oxygens (including phenoxy) is 1. The van der Waals surface area contributed by atoms with Crippen LogP contribution in [0.15, 0.2) is 48.5 Å². The van der Waals surface area contributed by atoms with Gasteiger partial charge >= 0.3 is 5.69 Å². The Morgan fingerprint density at radius 2 is 1.95 bits per heavy atom. The Labute approximate surface area is 121 Å². The molecule has 0 bridgehead atoms. The summed E-state index contributed by atoms with van der Waals surface area (Å²) in [6.45, 7) is -0.0333. The van der Waals surface area contributed by atoms with Gasteiger partial charge in [0, 0.05) is 6.07 Å². The average Bonchev–Trinajstić information content (AvgIpc) is 2.52. The molecule has 0 heterocycles. The molecule has 0 fully saturated rings. The lowest BCUT2D eigenvalue weighted by molar-refractivity contribution is -0.386. The van der Waals surface area contributed by atoms with Gasteiger partial charge in [-0.2, -0.15) is 0 Å². The highest BCUT2D eigenvalue weighted by Gasteiger charge is 2.18. The van der Waals surface area contributed by atoms with Crippen LogP contribution in [0.25, 0.3) is 0 Å². The monoisotopic (exact) mass is 288 g/mol. The van der Waals surface area contributed by atoms with Crippen LogP contribution in [0.5, 0.6) is 5.75 Å². The Morgan fingerprint density at radius 1 is 1.24 bits per heavy atom. The summed E-state index contributed by atoms with van der Waals surface area (Å²) in [7, 11) is 0. The number of hydrogen-bond acceptors (Lipinski definition) is 5. The van der Waals surface area contributed by atoms with Gasteiger partial charge in [-0.25, -0.2) is 0 Å². The van der Waals surface area contributed by atoms with Crippen LogP contribution in [0.2, 0.25) is 0 Å². The first-order valence-electron chi connectivity index (χ1n) is 6.43. The van der Waals surface area contributed by atoms with Crippen LogP contribution in [0.4, 0.5) is 5.69 Å². The van der Waals surface area contributed by atoms with E-state index >= 15 is 0 Å². The lowest BCUT2D eigenvalue weighted by atomic mass is 10.1. The van der Waals surface area contributed by atoms with E-state index in [1.165, 1.54) is 12.1 Å². The molecule has 0 aliphatic heterocycles. The predicted molar refractivity (Wildman–Crippen MR) is 77.9 cm³/mol. The minimum absolute atomic E-state index is 0.160. The summed E-state index contributed by atoms with van der Waals surface area (Å²) in [5, 5.41) is 20.1. The van der Waals surface area contributed by atoms with Gasteiger partial charge in [-0.15, -0.1) is 0 Å². The molecule has 0 amide bonds. The normalized spacial score (nSPS) is 11.9. The summed E-state index contributed by atoms with van der Waals surface area (Å²) in [5.74, 6) is 0.178. The van der Waals surface area contributed by atoms with E-state index in [-0.39, 0.29) is 24.7 Å². The van der Waals surface area contributed by atoms with Gasteiger partial charge in [0.25, 0.3) is 0 Å². The van der Waals surface area contributed by atoms with Crippen molar-refractivity contribution in [1.29, 1.82) is 0 Å². The number of rotatable bonds is 6. The van der Waals surface area contributed by atoms with Crippen LogP contribution in [0, 0.1) is 10.1 Å². The number of hydrogen-bond donors (Lipinski definition) is 2. The summed E-state index contributed by atoms with van der Waals surface area (Å²) in [6, 6.07) is 13.2. The Kier molecular flexibility index (Phi) is 4.86. The molecule has 0 radical (unpaired) electrons. The molecule has 1 atom stereocenters. The smallest absolute Gasteiger partial charge is 0.311 e. The summed E-state index contributed by atoms with van der Waals surface area (Å²) >= 11 is 0. The first-order chi connectivity index (χ1) is 10.1. The molecule has 0 unspecified atom stereocenters. The number of nitrogens with two attached hydrogens (primary N) is 1. The number of nitro groups is 1. The van der Waals surface area contributed by atoms with Crippen LogP contribution < -0.4 is 10.5 Å². The van der Waals surface area contributed by atoms with Crippen LogP contribution in [-0.2, 0) is 6.61 Å². The van der Waals surface area contributed by atoms with E-state index < -0.39 is 11.0 Å². The maximum absolute atomic E-state index is 11.1. The Hall–Kier alpha value is -2.44. The van der Waals surface area contributed by atoms with E-state index in [1.54, 1.807) is 6.07 Å². The zero-order valence-corrected chi connectivity index (χ0v) is 11.3. The highest BCUT2D eigenvalue weighted by molar-refractivity contribution is 5.49. The van der Waals surface area contributed by atoms with E-state index in [0.717, 1.165) is 5.56 Å². The SMILES string of the molecule is N[C@@H](CO)c1ccc(OCc2ccccc2)c([N+](=O)[O-])c1. The van der Waals surface area contributed by atoms with Crippen molar-refractivity contribution >= 4 is 5.69 Å². The second kappa shape index (κ2) is 6.83. The molecule has 0 aromatic heterocycles. The molecular formula is C15H16N2O4. The Balaban J connectivity index is 2.20. The van der Waals surface area contributed by atoms with Crippen molar-refractivity contribution in [3.05, 3.63) is 69.8 Å². The van der Waals surface area contributed by atoms with Crippen LogP contribution in [0.3, 0.4) is 0 Å². The first-order valence-corrected chi connectivity index (χ1v) is 6.43. The third-order valence-corrected chi connectivity index (χ3v) is 3.04. The van der Waals surface area contributed by atoms with Gasteiger partial charge in [0.15, 0.2) is 5.75 Å². The molecule has 0 aliphatic rings. The third kappa shape index (κ3) is 3.77. The van der Waals surface area contributed by atoms with Crippen LogP contribution in [-0.4, -0.2) is 16.6 Å². The first kappa shape index (κ1) is 15.0. The van der Waals surface area contributed by atoms with E-state index in [1.807, 2.05) is 30.3 Å². The van der Waals surface area contributed by atoms with Gasteiger partial charge in [-0.1, -0.05) is 36.4 Å². The third-order valence-electron chi connectivity index (χ3n) is 3.04. The molecule has 0 spiro atoms. The van der Waals surface area contributed by atoms with Crippen molar-refractivity contribution in [3.8, 4) is 5.75 Å². The molecule has 0 saturated heterocycles. The molecule has 2 rings (SSSR count). The van der Waals surface area contributed by atoms with Crippen LogP contribution >= 0.6 is 0 Å². The van der Waals surface area contributed by atoms with Crippen molar-refractivity contribution in [2.45, 2.75) is 12.6 Å². The standard InChI is InChI=1S/C15H16N2O4/c16-13(9-18)12-6-7-15(14(8-12)17(19)20)21-10-11-4-2-1-3-5-11/h1-8,13,18H,9-10,16H2/t13-/m0/s1. The van der Waals surface area contributed by atoms with E-state index in [9.17, 15) is 10.1 Å². The fourth-order valence-corrected chi connectivity index (χ4v) is 1.87. The van der Waals surface area contributed by atoms with Crippen molar-refractivity contribution in [1.82, 2.24) is 0 Å². The van der Waals surface area contributed by atoms with E-state index in [2.05, 4.69) is 0 Å². The van der Waals surface area contributed by atoms with Crippen LogP contribution in [0.1, 0.15) is 17.2 Å². The zero-order valence-electron chi connectivity index (χ0n) is 11.3. The maximum Gasteiger partial charge on any atom is 0.311 e. The minimum Gasteiger partial charge on any atom is -0.482 e. The van der Waals surface area contributed by atoms with Crippen molar-refractivity contribution in [2.24, 2.45) is 5.73 Å². The van der Waals surface area contributed by atoms with E-state index in [0.29, 0.717) is 5.56 Å². The molecule has 6 nitrogen and oxygen atoms in total. The summed E-state index contributed by atoms with van der Waals surface area (Å²) < 4.78 is 5.51. The van der Waals surface area contributed by atoms with Gasteiger partial charge in [-0.05, 0) is 17.2 Å². The van der Waals surface area contributed by atoms with Crippen molar-refractivity contribution in [3.63, 3.8) is 0 Å². The fourth-order valence-electron chi connectivity index (χ4n) is 1.87. The fraction of sp³-hybridized carbons (Fsp3) is 0.200.